The number of benzene rings is 4. The van der Waals surface area contributed by atoms with Crippen molar-refractivity contribution in [2.75, 3.05) is 5.32 Å². The van der Waals surface area contributed by atoms with Gasteiger partial charge in [0, 0.05) is 21.3 Å². The molecule has 1 N–H and O–H groups in total. The molecule has 5 aromatic rings. The number of esters is 1. The summed E-state index contributed by atoms with van der Waals surface area (Å²) in [6.45, 7) is 0. The van der Waals surface area contributed by atoms with Crippen molar-refractivity contribution in [3.05, 3.63) is 112 Å². The average molecular weight is 503 g/mol. The highest BCUT2D eigenvalue weighted by Gasteiger charge is 2.19. The third-order valence-electron chi connectivity index (χ3n) is 5.15. The first-order valence-corrected chi connectivity index (χ1v) is 11.3. The largest absolute Gasteiger partial charge is 0.436 e. The summed E-state index contributed by atoms with van der Waals surface area (Å²) in [5.74, 6) is -0.429. The predicted octanol–water partition coefficient (Wildman–Crippen LogP) is 7.27. The Morgan fingerprint density at radius 3 is 2.14 bits per heavy atom. The lowest BCUT2D eigenvalue weighted by molar-refractivity contribution is 0.0735. The molecule has 0 fully saturated rings. The number of fused-ring (bicyclic) bond motifs is 1. The molecule has 0 aliphatic heterocycles. The molecule has 8 heteroatoms. The van der Waals surface area contributed by atoms with Crippen molar-refractivity contribution in [3.8, 4) is 17.2 Å². The third kappa shape index (κ3) is 5.04. The van der Waals surface area contributed by atoms with E-state index in [1.807, 2.05) is 18.2 Å². The Labute approximate surface area is 210 Å². The molecule has 172 valence electrons. The van der Waals surface area contributed by atoms with Crippen molar-refractivity contribution in [2.45, 2.75) is 0 Å². The van der Waals surface area contributed by atoms with Crippen LogP contribution in [-0.2, 0) is 0 Å². The van der Waals surface area contributed by atoms with Gasteiger partial charge in [0.2, 0.25) is 5.89 Å². The molecule has 0 aliphatic rings. The number of rotatable bonds is 5. The number of hydrogen-bond donors (Lipinski definition) is 1. The van der Waals surface area contributed by atoms with Gasteiger partial charge in [0.05, 0.1) is 11.1 Å². The van der Waals surface area contributed by atoms with E-state index in [2.05, 4.69) is 10.3 Å². The van der Waals surface area contributed by atoms with Crippen LogP contribution in [0.5, 0.6) is 5.75 Å². The molecule has 0 saturated heterocycles. The van der Waals surface area contributed by atoms with Gasteiger partial charge >= 0.3 is 5.97 Å². The van der Waals surface area contributed by atoms with Gasteiger partial charge in [0.25, 0.3) is 5.91 Å². The topological polar surface area (TPSA) is 81.4 Å². The van der Waals surface area contributed by atoms with E-state index in [1.165, 1.54) is 0 Å². The summed E-state index contributed by atoms with van der Waals surface area (Å²) in [5, 5.41) is 3.88. The number of carbonyl (C=O) groups is 2. The molecule has 0 unspecified atom stereocenters. The minimum atomic E-state index is -0.572. The van der Waals surface area contributed by atoms with Crippen LogP contribution in [0.4, 0.5) is 5.69 Å². The molecule has 5 rings (SSSR count). The van der Waals surface area contributed by atoms with Gasteiger partial charge in [-0.1, -0.05) is 35.3 Å². The van der Waals surface area contributed by atoms with Crippen molar-refractivity contribution in [2.24, 2.45) is 0 Å². The number of ether oxygens (including phenoxy) is 1. The Kier molecular flexibility index (Phi) is 6.23. The first-order chi connectivity index (χ1) is 17.0. The van der Waals surface area contributed by atoms with Crippen LogP contribution in [0.3, 0.4) is 0 Å². The van der Waals surface area contributed by atoms with Crippen molar-refractivity contribution in [3.63, 3.8) is 0 Å². The zero-order valence-electron chi connectivity index (χ0n) is 18.0. The summed E-state index contributed by atoms with van der Waals surface area (Å²) in [6, 6.07) is 25.0. The lowest BCUT2D eigenvalue weighted by atomic mass is 10.1. The molecule has 1 amide bonds. The Bertz CT molecular complexity index is 1510. The smallest absolute Gasteiger partial charge is 0.343 e. The van der Waals surface area contributed by atoms with Crippen molar-refractivity contribution in [1.29, 1.82) is 0 Å². The lowest BCUT2D eigenvalue weighted by Crippen LogP contribution is -2.12. The number of carbonyl (C=O) groups excluding carboxylic acids is 2. The minimum Gasteiger partial charge on any atom is -0.436 e. The Hall–Kier alpha value is -4.13. The zero-order chi connectivity index (χ0) is 24.4. The van der Waals surface area contributed by atoms with Gasteiger partial charge < -0.3 is 14.5 Å². The van der Waals surface area contributed by atoms with Gasteiger partial charge in [0.1, 0.15) is 11.3 Å². The monoisotopic (exact) mass is 502 g/mol. The second-order valence-electron chi connectivity index (χ2n) is 7.56. The van der Waals surface area contributed by atoms with Crippen molar-refractivity contribution >= 4 is 51.9 Å². The van der Waals surface area contributed by atoms with Gasteiger partial charge in [-0.05, 0) is 78.9 Å². The van der Waals surface area contributed by atoms with E-state index in [4.69, 9.17) is 32.4 Å². The second kappa shape index (κ2) is 9.62. The highest BCUT2D eigenvalue weighted by molar-refractivity contribution is 6.31. The number of nitrogens with zero attached hydrogens (tertiary/aromatic N) is 1. The fourth-order valence-corrected chi connectivity index (χ4v) is 3.65. The number of oxazole rings is 1. The minimum absolute atomic E-state index is 0.223. The summed E-state index contributed by atoms with van der Waals surface area (Å²) >= 11 is 11.8. The molecule has 0 atom stereocenters. The maximum atomic E-state index is 12.8. The van der Waals surface area contributed by atoms with Crippen LogP contribution in [0.2, 0.25) is 10.0 Å². The standard InChI is InChI=1S/C27H16Cl2N2O4/c28-18-9-5-16(6-10-18)25(32)30-20-13-14-23(35-27(33)17-7-11-19(29)12-8-17)21(15-20)26-31-22-3-1-2-4-24(22)34-26/h1-15H,(H,30,32). The van der Waals surface area contributed by atoms with E-state index in [9.17, 15) is 9.59 Å². The van der Waals surface area contributed by atoms with Crippen LogP contribution in [0.1, 0.15) is 20.7 Å². The molecule has 35 heavy (non-hydrogen) atoms. The number of nitrogens with one attached hydrogen (secondary N) is 1. The van der Waals surface area contributed by atoms with Crippen molar-refractivity contribution < 1.29 is 18.7 Å². The molecule has 6 nitrogen and oxygen atoms in total. The van der Waals surface area contributed by atoms with Crippen LogP contribution in [-0.4, -0.2) is 16.9 Å². The first kappa shape index (κ1) is 22.7. The number of halogens is 2. The van der Waals surface area contributed by atoms with E-state index in [1.54, 1.807) is 72.8 Å². The van der Waals surface area contributed by atoms with Crippen LogP contribution < -0.4 is 10.1 Å². The fourth-order valence-electron chi connectivity index (χ4n) is 3.40. The van der Waals surface area contributed by atoms with Gasteiger partial charge in [-0.2, -0.15) is 0 Å². The van der Waals surface area contributed by atoms with Crippen LogP contribution in [0.25, 0.3) is 22.6 Å². The van der Waals surface area contributed by atoms with Crippen molar-refractivity contribution in [1.82, 2.24) is 4.98 Å². The second-order valence-corrected chi connectivity index (χ2v) is 8.43. The fraction of sp³-hybridized carbons (Fsp3) is 0. The Morgan fingerprint density at radius 2 is 1.46 bits per heavy atom. The highest BCUT2D eigenvalue weighted by Crippen LogP contribution is 2.35. The quantitative estimate of drug-likeness (QED) is 0.202. The number of anilines is 1. The summed E-state index contributed by atoms with van der Waals surface area (Å²) in [7, 11) is 0. The molecule has 0 bridgehead atoms. The molecule has 4 aromatic carbocycles. The summed E-state index contributed by atoms with van der Waals surface area (Å²) < 4.78 is 11.6. The molecular formula is C27H16Cl2N2O4. The molecule has 1 heterocycles. The van der Waals surface area contributed by atoms with Gasteiger partial charge in [-0.15, -0.1) is 0 Å². The number of aromatic nitrogens is 1. The van der Waals surface area contributed by atoms with Crippen LogP contribution in [0, 0.1) is 0 Å². The number of para-hydroxylation sites is 2. The Balaban J connectivity index is 1.50. The average Bonchev–Trinajstić information content (AvgIpc) is 3.30. The maximum absolute atomic E-state index is 12.8. The first-order valence-electron chi connectivity index (χ1n) is 10.5. The zero-order valence-corrected chi connectivity index (χ0v) is 19.5. The predicted molar refractivity (Wildman–Crippen MR) is 135 cm³/mol. The number of hydrogen-bond acceptors (Lipinski definition) is 5. The molecule has 0 radical (unpaired) electrons. The molecule has 0 aliphatic carbocycles. The lowest BCUT2D eigenvalue weighted by Gasteiger charge is -2.11. The van der Waals surface area contributed by atoms with Gasteiger partial charge in [0.15, 0.2) is 5.58 Å². The molecular weight excluding hydrogens is 487 g/mol. The maximum Gasteiger partial charge on any atom is 0.343 e. The summed E-state index contributed by atoms with van der Waals surface area (Å²) in [4.78, 5) is 30.0. The molecule has 0 saturated carbocycles. The van der Waals surface area contributed by atoms with E-state index < -0.39 is 5.97 Å². The van der Waals surface area contributed by atoms with Crippen LogP contribution >= 0.6 is 23.2 Å². The number of amides is 1. The SMILES string of the molecule is O=C(Nc1ccc(OC(=O)c2ccc(Cl)cc2)c(-c2nc3ccccc3o2)c1)c1ccc(Cl)cc1. The van der Waals surface area contributed by atoms with E-state index in [0.29, 0.717) is 43.5 Å². The normalized spacial score (nSPS) is 10.8. The highest BCUT2D eigenvalue weighted by atomic mass is 35.5. The van der Waals surface area contributed by atoms with Gasteiger partial charge in [-0.25, -0.2) is 9.78 Å². The third-order valence-corrected chi connectivity index (χ3v) is 5.65. The molecule has 1 aromatic heterocycles. The van der Waals surface area contributed by atoms with E-state index in [-0.39, 0.29) is 17.5 Å². The Morgan fingerprint density at radius 1 is 0.800 bits per heavy atom. The molecule has 0 spiro atoms. The van der Waals surface area contributed by atoms with Gasteiger partial charge in [-0.3, -0.25) is 4.79 Å². The van der Waals surface area contributed by atoms with E-state index >= 15 is 0 Å². The summed E-state index contributed by atoms with van der Waals surface area (Å²) in [6.07, 6.45) is 0. The van der Waals surface area contributed by atoms with Crippen LogP contribution in [0.15, 0.2) is 95.4 Å². The van der Waals surface area contributed by atoms with E-state index in [0.717, 1.165) is 0 Å². The summed E-state index contributed by atoms with van der Waals surface area (Å²) in [5.41, 5.74) is 2.86.